The van der Waals surface area contributed by atoms with Crippen LogP contribution in [0.3, 0.4) is 0 Å². The van der Waals surface area contributed by atoms with E-state index >= 15 is 0 Å². The van der Waals surface area contributed by atoms with Crippen LogP contribution in [0.2, 0.25) is 0 Å². The molecule has 0 saturated carbocycles. The Labute approximate surface area is 76.4 Å². The van der Waals surface area contributed by atoms with Crippen molar-refractivity contribution in [3.05, 3.63) is 30.1 Å². The summed E-state index contributed by atoms with van der Waals surface area (Å²) in [5.74, 6) is 0. The van der Waals surface area contributed by atoms with Gasteiger partial charge in [-0.1, -0.05) is 6.07 Å². The van der Waals surface area contributed by atoms with E-state index in [1.165, 1.54) is 0 Å². The zero-order chi connectivity index (χ0) is 7.68. The molecule has 0 aliphatic rings. The number of rotatable bonds is 1. The van der Waals surface area contributed by atoms with Gasteiger partial charge in [0.25, 0.3) is 0 Å². The average Bonchev–Trinajstić information content (AvgIpc) is 2.50. The van der Waals surface area contributed by atoms with E-state index in [1.807, 2.05) is 18.2 Å². The Morgan fingerprint density at radius 1 is 1.42 bits per heavy atom. The summed E-state index contributed by atoms with van der Waals surface area (Å²) in [4.78, 5) is 7.13. The van der Waals surface area contributed by atoms with E-state index in [1.54, 1.807) is 6.33 Å². The molecule has 0 aliphatic heterocycles. The minimum absolute atomic E-state index is 0. The Hall–Kier alpha value is -1.06. The molecule has 0 fully saturated rings. The lowest BCUT2D eigenvalue weighted by molar-refractivity contribution is 1.07. The monoisotopic (exact) mass is 183 g/mol. The molecule has 12 heavy (non-hydrogen) atoms. The van der Waals surface area contributed by atoms with Crippen LogP contribution in [0, 0.1) is 0 Å². The molecule has 4 heteroatoms. The Morgan fingerprint density at radius 2 is 2.25 bits per heavy atom. The molecule has 0 spiro atoms. The van der Waals surface area contributed by atoms with Crippen LogP contribution in [-0.2, 0) is 6.54 Å². The first-order valence-corrected chi connectivity index (χ1v) is 3.52. The molecule has 0 amide bonds. The zero-order valence-corrected chi connectivity index (χ0v) is 7.27. The predicted octanol–water partition coefficient (Wildman–Crippen LogP) is 1.44. The van der Waals surface area contributed by atoms with Crippen molar-refractivity contribution in [2.75, 3.05) is 0 Å². The van der Waals surface area contributed by atoms with Crippen molar-refractivity contribution in [1.29, 1.82) is 0 Å². The van der Waals surface area contributed by atoms with Gasteiger partial charge in [-0.25, -0.2) is 4.98 Å². The van der Waals surface area contributed by atoms with Crippen molar-refractivity contribution >= 4 is 23.4 Å². The fourth-order valence-electron chi connectivity index (χ4n) is 1.11. The van der Waals surface area contributed by atoms with Gasteiger partial charge in [0, 0.05) is 6.54 Å². The van der Waals surface area contributed by atoms with Crippen molar-refractivity contribution in [2.24, 2.45) is 5.73 Å². The number of nitrogens with one attached hydrogen (secondary N) is 1. The van der Waals surface area contributed by atoms with Crippen LogP contribution in [0.4, 0.5) is 0 Å². The third kappa shape index (κ3) is 1.42. The highest BCUT2D eigenvalue weighted by molar-refractivity contribution is 5.85. The number of halogens is 1. The quantitative estimate of drug-likeness (QED) is 0.703. The van der Waals surface area contributed by atoms with Crippen LogP contribution in [0.25, 0.3) is 11.0 Å². The van der Waals surface area contributed by atoms with Gasteiger partial charge in [0.1, 0.15) is 0 Å². The normalized spacial score (nSPS) is 9.75. The second-order valence-corrected chi connectivity index (χ2v) is 2.46. The van der Waals surface area contributed by atoms with Crippen LogP contribution in [0.1, 0.15) is 5.56 Å². The summed E-state index contributed by atoms with van der Waals surface area (Å²) in [6.07, 6.45) is 1.69. The van der Waals surface area contributed by atoms with Gasteiger partial charge in [0.15, 0.2) is 0 Å². The SMILES string of the molecule is Cl.NCc1ccc2nc[nH]c2c1. The smallest absolute Gasteiger partial charge is 0.0931 e. The molecule has 1 aromatic carbocycles. The lowest BCUT2D eigenvalue weighted by atomic mass is 10.2. The lowest BCUT2D eigenvalue weighted by Gasteiger charge is -1.93. The fourth-order valence-corrected chi connectivity index (χ4v) is 1.11. The molecule has 1 heterocycles. The maximum absolute atomic E-state index is 5.48. The first-order chi connectivity index (χ1) is 5.40. The van der Waals surface area contributed by atoms with Crippen molar-refractivity contribution in [3.8, 4) is 0 Å². The number of nitrogens with two attached hydrogens (primary N) is 1. The van der Waals surface area contributed by atoms with Crippen molar-refractivity contribution in [2.45, 2.75) is 6.54 Å². The third-order valence-electron chi connectivity index (χ3n) is 1.72. The fraction of sp³-hybridized carbons (Fsp3) is 0.125. The number of benzene rings is 1. The second-order valence-electron chi connectivity index (χ2n) is 2.46. The predicted molar refractivity (Wildman–Crippen MR) is 51.2 cm³/mol. The van der Waals surface area contributed by atoms with Gasteiger partial charge >= 0.3 is 0 Å². The third-order valence-corrected chi connectivity index (χ3v) is 1.72. The molecule has 2 aromatic rings. The molecule has 0 radical (unpaired) electrons. The number of imidazole rings is 1. The Bertz CT molecular complexity index is 369. The van der Waals surface area contributed by atoms with E-state index in [2.05, 4.69) is 9.97 Å². The maximum Gasteiger partial charge on any atom is 0.0931 e. The molecule has 3 nitrogen and oxygen atoms in total. The molecule has 0 aliphatic carbocycles. The molecular formula is C8H10ClN3. The average molecular weight is 184 g/mol. The molecule has 3 N–H and O–H groups in total. The standard InChI is InChI=1S/C8H9N3.ClH/c9-4-6-1-2-7-8(3-6)11-5-10-7;/h1-3,5H,4,9H2,(H,10,11);1H. The number of aromatic nitrogens is 2. The van der Waals surface area contributed by atoms with Gasteiger partial charge < -0.3 is 10.7 Å². The van der Waals surface area contributed by atoms with Crippen molar-refractivity contribution < 1.29 is 0 Å². The Morgan fingerprint density at radius 3 is 3.00 bits per heavy atom. The van der Waals surface area contributed by atoms with Crippen LogP contribution < -0.4 is 5.73 Å². The van der Waals surface area contributed by atoms with E-state index in [9.17, 15) is 0 Å². The Balaban J connectivity index is 0.000000720. The maximum atomic E-state index is 5.48. The largest absolute Gasteiger partial charge is 0.345 e. The molecule has 0 unspecified atom stereocenters. The molecule has 64 valence electrons. The number of nitrogens with zero attached hydrogens (tertiary/aromatic N) is 1. The van der Waals surface area contributed by atoms with E-state index in [-0.39, 0.29) is 12.4 Å². The number of hydrogen-bond acceptors (Lipinski definition) is 2. The van der Waals surface area contributed by atoms with E-state index in [0.29, 0.717) is 6.54 Å². The molecule has 0 saturated heterocycles. The molecule has 0 atom stereocenters. The topological polar surface area (TPSA) is 54.7 Å². The Kier molecular flexibility index (Phi) is 2.68. The first-order valence-electron chi connectivity index (χ1n) is 3.52. The first kappa shape index (κ1) is 9.03. The number of H-pyrrole nitrogens is 1. The van der Waals surface area contributed by atoms with Gasteiger partial charge in [-0.05, 0) is 17.7 Å². The summed E-state index contributed by atoms with van der Waals surface area (Å²) in [6, 6.07) is 5.97. The van der Waals surface area contributed by atoms with Crippen LogP contribution in [0.15, 0.2) is 24.5 Å². The summed E-state index contributed by atoms with van der Waals surface area (Å²) in [7, 11) is 0. The minimum atomic E-state index is 0. The van der Waals surface area contributed by atoms with E-state index in [0.717, 1.165) is 16.6 Å². The summed E-state index contributed by atoms with van der Waals surface area (Å²) >= 11 is 0. The van der Waals surface area contributed by atoms with Crippen LogP contribution in [-0.4, -0.2) is 9.97 Å². The van der Waals surface area contributed by atoms with Gasteiger partial charge in [-0.3, -0.25) is 0 Å². The van der Waals surface area contributed by atoms with Crippen LogP contribution >= 0.6 is 12.4 Å². The molecule has 0 bridgehead atoms. The number of hydrogen-bond donors (Lipinski definition) is 2. The summed E-state index contributed by atoms with van der Waals surface area (Å²) in [6.45, 7) is 0.578. The highest BCUT2D eigenvalue weighted by Crippen LogP contribution is 2.10. The van der Waals surface area contributed by atoms with Gasteiger partial charge in [0.2, 0.25) is 0 Å². The highest BCUT2D eigenvalue weighted by Gasteiger charge is 1.95. The highest BCUT2D eigenvalue weighted by atomic mass is 35.5. The molecule has 2 rings (SSSR count). The lowest BCUT2D eigenvalue weighted by Crippen LogP contribution is -1.94. The van der Waals surface area contributed by atoms with E-state index < -0.39 is 0 Å². The minimum Gasteiger partial charge on any atom is -0.345 e. The van der Waals surface area contributed by atoms with Crippen LogP contribution in [0.5, 0.6) is 0 Å². The number of fused-ring (bicyclic) bond motifs is 1. The summed E-state index contributed by atoms with van der Waals surface area (Å²) < 4.78 is 0. The van der Waals surface area contributed by atoms with Gasteiger partial charge in [-0.15, -0.1) is 12.4 Å². The second kappa shape index (κ2) is 3.56. The zero-order valence-electron chi connectivity index (χ0n) is 6.45. The van der Waals surface area contributed by atoms with Crippen molar-refractivity contribution in [3.63, 3.8) is 0 Å². The molecular weight excluding hydrogens is 174 g/mol. The van der Waals surface area contributed by atoms with E-state index in [4.69, 9.17) is 5.73 Å². The van der Waals surface area contributed by atoms with Gasteiger partial charge in [0.05, 0.1) is 17.4 Å². The van der Waals surface area contributed by atoms with Crippen molar-refractivity contribution in [1.82, 2.24) is 9.97 Å². The van der Waals surface area contributed by atoms with Gasteiger partial charge in [-0.2, -0.15) is 0 Å². The molecule has 1 aromatic heterocycles. The summed E-state index contributed by atoms with van der Waals surface area (Å²) in [5, 5.41) is 0. The number of aromatic amines is 1. The summed E-state index contributed by atoms with van der Waals surface area (Å²) in [5.41, 5.74) is 8.64.